The summed E-state index contributed by atoms with van der Waals surface area (Å²) in [6, 6.07) is 19.4. The lowest BCUT2D eigenvalue weighted by Gasteiger charge is -2.45. The minimum absolute atomic E-state index is 0.0189. The maximum absolute atomic E-state index is 13.7. The molecular formula is C46H66O13Si2. The first kappa shape index (κ1) is 47.0. The first-order valence-corrected chi connectivity index (χ1v) is 26.7. The summed E-state index contributed by atoms with van der Waals surface area (Å²) in [4.78, 5) is 13.7. The van der Waals surface area contributed by atoms with Crippen LogP contribution in [0.3, 0.4) is 0 Å². The predicted molar refractivity (Wildman–Crippen MR) is 234 cm³/mol. The van der Waals surface area contributed by atoms with Gasteiger partial charge >= 0.3 is 5.97 Å². The molecule has 2 N–H and O–H groups in total. The summed E-state index contributed by atoms with van der Waals surface area (Å²) in [5.41, 5.74) is -2.76. The second-order valence-corrected chi connectivity index (χ2v) is 28.9. The van der Waals surface area contributed by atoms with E-state index in [1.807, 2.05) is 30.3 Å². The normalized spacial score (nSPS) is 28.3. The number of aliphatic hydroxyl groups is 2. The van der Waals surface area contributed by atoms with Gasteiger partial charge in [-0.3, -0.25) is 4.79 Å². The molecule has 2 heterocycles. The highest BCUT2D eigenvalue weighted by Crippen LogP contribution is 2.70. The van der Waals surface area contributed by atoms with Crippen LogP contribution in [0.15, 0.2) is 66.7 Å². The van der Waals surface area contributed by atoms with Gasteiger partial charge in [-0.15, -0.1) is 0 Å². The van der Waals surface area contributed by atoms with Crippen LogP contribution in [-0.2, 0) is 43.8 Å². The van der Waals surface area contributed by atoms with Gasteiger partial charge in [-0.1, -0.05) is 84.0 Å². The third-order valence-electron chi connectivity index (χ3n) is 13.7. The average Bonchev–Trinajstić information content (AvgIpc) is 3.59. The van der Waals surface area contributed by atoms with Crippen molar-refractivity contribution in [2.24, 2.45) is 5.92 Å². The Hall–Kier alpha value is -3.52. The van der Waals surface area contributed by atoms with Crippen LogP contribution in [0, 0.1) is 5.92 Å². The summed E-state index contributed by atoms with van der Waals surface area (Å²) in [5.74, 6) is -1.78. The second-order valence-electron chi connectivity index (χ2n) is 19.3. The number of ether oxygens (including phenoxy) is 8. The standard InChI is InChI=1S/C46H66O13Si2/c1-43(2,3)60(11,12)55-27-35(59-61(13,14)44(4,5)6)34-26-54-41(53-10)42(57-34)56-31-24-32(51-8)38-33(25-31)58-46(29-20-22-30(50-7)23-21-29)37(28-18-16-15-17-19-28)36(40(48)52-9)39(47)45(38,46)49/h15-25,34-37,39,41-42,47,49H,26-27H2,1-14H3/t34-,35-,36-,37-,39-,41-,42-,45+,46+/m1/s1. The number of methoxy groups -OCH3 is 4. The fraction of sp³-hybridized carbons (Fsp3) is 0.587. The first-order chi connectivity index (χ1) is 28.5. The van der Waals surface area contributed by atoms with Gasteiger partial charge in [0.15, 0.2) is 27.8 Å². The molecule has 336 valence electrons. The summed E-state index contributed by atoms with van der Waals surface area (Å²) >= 11 is 0. The van der Waals surface area contributed by atoms with Crippen LogP contribution >= 0.6 is 0 Å². The van der Waals surface area contributed by atoms with E-state index in [1.54, 1.807) is 43.5 Å². The predicted octanol–water partition coefficient (Wildman–Crippen LogP) is 7.63. The van der Waals surface area contributed by atoms with Gasteiger partial charge in [0.1, 0.15) is 35.2 Å². The number of rotatable bonds is 14. The van der Waals surface area contributed by atoms with Crippen LogP contribution < -0.4 is 18.9 Å². The summed E-state index contributed by atoms with van der Waals surface area (Å²) in [6.07, 6.45) is -4.79. The summed E-state index contributed by atoms with van der Waals surface area (Å²) in [6.45, 7) is 22.5. The minimum Gasteiger partial charge on any atom is -0.497 e. The topological polar surface area (TPSA) is 150 Å². The lowest BCUT2D eigenvalue weighted by atomic mass is 9.70. The Balaban J connectivity index is 1.42. The van der Waals surface area contributed by atoms with Gasteiger partial charge in [0.05, 0.1) is 52.1 Å². The van der Waals surface area contributed by atoms with Crippen molar-refractivity contribution in [1.82, 2.24) is 0 Å². The molecule has 15 heteroatoms. The van der Waals surface area contributed by atoms with Crippen molar-refractivity contribution in [2.45, 2.75) is 126 Å². The van der Waals surface area contributed by atoms with Gasteiger partial charge < -0.3 is 57.0 Å². The fourth-order valence-corrected chi connectivity index (χ4v) is 10.6. The maximum atomic E-state index is 13.7. The molecule has 13 nitrogen and oxygen atoms in total. The van der Waals surface area contributed by atoms with E-state index in [4.69, 9.17) is 46.7 Å². The lowest BCUT2D eigenvalue weighted by molar-refractivity contribution is -0.323. The molecular weight excluding hydrogens is 817 g/mol. The zero-order chi connectivity index (χ0) is 44.9. The smallest absolute Gasteiger partial charge is 0.312 e. The van der Waals surface area contributed by atoms with Crippen LogP contribution in [-0.4, -0.2) is 105 Å². The fourth-order valence-electron chi connectivity index (χ4n) is 8.27. The molecule has 0 radical (unpaired) electrons. The molecule has 0 aromatic heterocycles. The highest BCUT2D eigenvalue weighted by Gasteiger charge is 2.78. The summed E-state index contributed by atoms with van der Waals surface area (Å²) in [5, 5.41) is 25.6. The van der Waals surface area contributed by atoms with E-state index in [-0.39, 0.29) is 39.5 Å². The van der Waals surface area contributed by atoms with Crippen molar-refractivity contribution in [3.8, 4) is 23.0 Å². The molecule has 3 aliphatic rings. The zero-order valence-electron chi connectivity index (χ0n) is 38.2. The van der Waals surface area contributed by atoms with Gasteiger partial charge in [0.2, 0.25) is 6.29 Å². The third kappa shape index (κ3) is 8.26. The monoisotopic (exact) mass is 882 g/mol. The van der Waals surface area contributed by atoms with Crippen molar-refractivity contribution in [3.63, 3.8) is 0 Å². The van der Waals surface area contributed by atoms with Crippen molar-refractivity contribution >= 4 is 22.6 Å². The minimum atomic E-state index is -2.33. The molecule has 0 amide bonds. The van der Waals surface area contributed by atoms with Crippen molar-refractivity contribution in [3.05, 3.63) is 83.4 Å². The van der Waals surface area contributed by atoms with E-state index in [1.165, 1.54) is 21.3 Å². The Kier molecular flexibility index (Phi) is 13.3. The van der Waals surface area contributed by atoms with Gasteiger partial charge in [0, 0.05) is 25.2 Å². The lowest BCUT2D eigenvalue weighted by Crippen LogP contribution is -2.57. The van der Waals surface area contributed by atoms with Crippen LogP contribution in [0.2, 0.25) is 36.3 Å². The number of aliphatic hydroxyl groups excluding tert-OH is 1. The Morgan fingerprint density at radius 3 is 2.05 bits per heavy atom. The Morgan fingerprint density at radius 1 is 0.852 bits per heavy atom. The summed E-state index contributed by atoms with van der Waals surface area (Å²) < 4.78 is 62.9. The Labute approximate surface area is 363 Å². The van der Waals surface area contributed by atoms with E-state index in [2.05, 4.69) is 67.7 Å². The molecule has 61 heavy (non-hydrogen) atoms. The second kappa shape index (κ2) is 17.2. The molecule has 0 unspecified atom stereocenters. The molecule has 0 spiro atoms. The first-order valence-electron chi connectivity index (χ1n) is 20.9. The Morgan fingerprint density at radius 2 is 1.49 bits per heavy atom. The number of hydrogen-bond donors (Lipinski definition) is 2. The molecule has 9 atom stereocenters. The number of hydrogen-bond acceptors (Lipinski definition) is 13. The summed E-state index contributed by atoms with van der Waals surface area (Å²) in [7, 11) is 1.26. The molecule has 3 aromatic rings. The van der Waals surface area contributed by atoms with Crippen LogP contribution in [0.4, 0.5) is 0 Å². The highest BCUT2D eigenvalue weighted by atomic mass is 28.4. The molecule has 2 fully saturated rings. The molecule has 3 aromatic carbocycles. The van der Waals surface area contributed by atoms with Crippen molar-refractivity contribution < 1.29 is 61.8 Å². The van der Waals surface area contributed by atoms with Crippen molar-refractivity contribution in [1.29, 1.82) is 0 Å². The van der Waals surface area contributed by atoms with Crippen LogP contribution in [0.1, 0.15) is 64.2 Å². The molecule has 1 saturated carbocycles. The highest BCUT2D eigenvalue weighted by molar-refractivity contribution is 6.74. The number of esters is 1. The van der Waals surface area contributed by atoms with Gasteiger partial charge in [-0.2, -0.15) is 0 Å². The van der Waals surface area contributed by atoms with Gasteiger partial charge in [0.25, 0.3) is 6.29 Å². The molecule has 2 aliphatic heterocycles. The third-order valence-corrected chi connectivity index (χ3v) is 22.7. The van der Waals surface area contributed by atoms with Gasteiger partial charge in [-0.25, -0.2) is 0 Å². The number of carbonyl (C=O) groups is 1. The quantitative estimate of drug-likeness (QED) is 0.121. The van der Waals surface area contributed by atoms with Crippen LogP contribution in [0.5, 0.6) is 23.0 Å². The van der Waals surface area contributed by atoms with E-state index in [0.717, 1.165) is 0 Å². The largest absolute Gasteiger partial charge is 0.497 e. The molecule has 0 bridgehead atoms. The van der Waals surface area contributed by atoms with E-state index in [9.17, 15) is 15.0 Å². The van der Waals surface area contributed by atoms with Gasteiger partial charge in [-0.05, 0) is 59.5 Å². The van der Waals surface area contributed by atoms with E-state index >= 15 is 0 Å². The van der Waals surface area contributed by atoms with E-state index < -0.39 is 76.5 Å². The molecule has 6 rings (SSSR count). The number of benzene rings is 3. The SMILES string of the molecule is COC(=O)[C@H]1[C@@H](O)[C@@]2(O)c3c(OC)cc(O[C@@H]4O[C@@H]([C@@H](CO[Si](C)(C)C(C)(C)C)O[Si](C)(C)C(C)(C)C)CO[C@H]4OC)cc3O[C@@]2(c2ccc(OC)cc2)[C@@H]1c1ccccc1. The molecule has 1 aliphatic carbocycles. The van der Waals surface area contributed by atoms with E-state index in [0.29, 0.717) is 23.5 Å². The Bertz CT molecular complexity index is 2000. The maximum Gasteiger partial charge on any atom is 0.312 e. The van der Waals surface area contributed by atoms with Crippen LogP contribution in [0.25, 0.3) is 0 Å². The number of carbonyl (C=O) groups excluding carboxylic acids is 1. The molecule has 1 saturated heterocycles. The number of fused-ring (bicyclic) bond motifs is 3. The van der Waals surface area contributed by atoms with Crippen molar-refractivity contribution in [2.75, 3.05) is 41.7 Å². The zero-order valence-corrected chi connectivity index (χ0v) is 40.2. The average molecular weight is 883 g/mol.